The number of hydrogen-bond acceptors (Lipinski definition) is 3. The average molecular weight is 282 g/mol. The van der Waals surface area contributed by atoms with Crippen LogP contribution in [0.5, 0.6) is 0 Å². The Labute approximate surface area is 120 Å². The molecule has 0 fully saturated rings. The van der Waals surface area contributed by atoms with Crippen molar-refractivity contribution in [2.24, 2.45) is 0 Å². The highest BCUT2D eigenvalue weighted by molar-refractivity contribution is 6.13. The Morgan fingerprint density at radius 1 is 1.10 bits per heavy atom. The largest absolute Gasteiger partial charge is 0.503 e. The predicted octanol–water partition coefficient (Wildman–Crippen LogP) is 2.89. The molecular formula is C16H11FN2O2. The van der Waals surface area contributed by atoms with Gasteiger partial charge in [0.25, 0.3) is 5.91 Å². The van der Waals surface area contributed by atoms with Gasteiger partial charge in [-0.1, -0.05) is 24.3 Å². The molecule has 0 spiro atoms. The fraction of sp³-hybridized carbons (Fsp3) is 0.0625. The third kappa shape index (κ3) is 1.45. The highest BCUT2D eigenvalue weighted by Gasteiger charge is 2.52. The standard InChI is InChI=1S/C16H11FN2O2/c17-11-7-5-10(6-8-11)16-9-14(20)15(21)19(16)13-4-2-1-3-12(13)18-16/h1-9,18,20H. The van der Waals surface area contributed by atoms with E-state index in [1.807, 2.05) is 18.2 Å². The number of amides is 1. The summed E-state index contributed by atoms with van der Waals surface area (Å²) in [6.45, 7) is 0. The number of aliphatic hydroxyl groups is 1. The maximum absolute atomic E-state index is 13.2. The van der Waals surface area contributed by atoms with Crippen LogP contribution >= 0.6 is 0 Å². The molecule has 2 N–H and O–H groups in total. The van der Waals surface area contributed by atoms with Gasteiger partial charge in [0.15, 0.2) is 11.4 Å². The van der Waals surface area contributed by atoms with Gasteiger partial charge in [0.1, 0.15) is 5.82 Å². The van der Waals surface area contributed by atoms with Gasteiger partial charge in [0.05, 0.1) is 11.4 Å². The van der Waals surface area contributed by atoms with Crippen LogP contribution in [0.15, 0.2) is 60.4 Å². The number of fused-ring (bicyclic) bond motifs is 3. The third-order valence-corrected chi connectivity index (χ3v) is 3.88. The Balaban J connectivity index is 1.94. The third-order valence-electron chi connectivity index (χ3n) is 3.88. The van der Waals surface area contributed by atoms with E-state index in [0.717, 1.165) is 5.69 Å². The van der Waals surface area contributed by atoms with E-state index in [4.69, 9.17) is 0 Å². The van der Waals surface area contributed by atoms with Crippen LogP contribution in [0.4, 0.5) is 15.8 Å². The summed E-state index contributed by atoms with van der Waals surface area (Å²) in [5, 5.41) is 13.1. The first-order valence-corrected chi connectivity index (χ1v) is 6.51. The minimum absolute atomic E-state index is 0.318. The second kappa shape index (κ2) is 3.85. The maximum atomic E-state index is 13.2. The number of halogens is 1. The Kier molecular flexibility index (Phi) is 2.19. The summed E-state index contributed by atoms with van der Waals surface area (Å²) < 4.78 is 13.2. The molecule has 2 aromatic carbocycles. The van der Waals surface area contributed by atoms with E-state index < -0.39 is 11.6 Å². The summed E-state index contributed by atoms with van der Waals surface area (Å²) in [4.78, 5) is 13.8. The first-order valence-electron chi connectivity index (χ1n) is 6.51. The van der Waals surface area contributed by atoms with Crippen LogP contribution in [0, 0.1) is 5.82 Å². The van der Waals surface area contributed by atoms with E-state index in [1.165, 1.54) is 23.1 Å². The number of carbonyl (C=O) groups excluding carboxylic acids is 1. The molecule has 2 heterocycles. The van der Waals surface area contributed by atoms with Crippen molar-refractivity contribution in [1.82, 2.24) is 0 Å². The monoisotopic (exact) mass is 282 g/mol. The first-order chi connectivity index (χ1) is 10.1. The van der Waals surface area contributed by atoms with Crippen molar-refractivity contribution >= 4 is 17.3 Å². The molecular weight excluding hydrogens is 271 g/mol. The van der Waals surface area contributed by atoms with Gasteiger partial charge < -0.3 is 10.4 Å². The van der Waals surface area contributed by atoms with Gasteiger partial charge in [0.2, 0.25) is 0 Å². The summed E-state index contributed by atoms with van der Waals surface area (Å²) in [6, 6.07) is 13.2. The highest BCUT2D eigenvalue weighted by atomic mass is 19.1. The van der Waals surface area contributed by atoms with Crippen LogP contribution in [-0.2, 0) is 10.5 Å². The van der Waals surface area contributed by atoms with Gasteiger partial charge in [-0.25, -0.2) is 4.39 Å². The summed E-state index contributed by atoms with van der Waals surface area (Å²) in [5.74, 6) is -1.15. The Morgan fingerprint density at radius 3 is 2.57 bits per heavy atom. The van der Waals surface area contributed by atoms with Crippen molar-refractivity contribution in [2.75, 3.05) is 10.2 Å². The van der Waals surface area contributed by atoms with Crippen LogP contribution in [0.1, 0.15) is 5.56 Å². The van der Waals surface area contributed by atoms with Crippen molar-refractivity contribution in [3.63, 3.8) is 0 Å². The lowest BCUT2D eigenvalue weighted by molar-refractivity contribution is -0.117. The van der Waals surface area contributed by atoms with Crippen molar-refractivity contribution in [2.45, 2.75) is 5.66 Å². The zero-order valence-corrected chi connectivity index (χ0v) is 10.9. The second-order valence-electron chi connectivity index (χ2n) is 5.09. The van der Waals surface area contributed by atoms with E-state index in [2.05, 4.69) is 5.32 Å². The van der Waals surface area contributed by atoms with Gasteiger partial charge >= 0.3 is 0 Å². The molecule has 104 valence electrons. The molecule has 5 heteroatoms. The van der Waals surface area contributed by atoms with E-state index in [0.29, 0.717) is 11.3 Å². The summed E-state index contributed by atoms with van der Waals surface area (Å²) in [5.41, 5.74) is 1.15. The molecule has 2 aliphatic rings. The van der Waals surface area contributed by atoms with E-state index in [1.54, 1.807) is 18.2 Å². The Bertz CT molecular complexity index is 785. The van der Waals surface area contributed by atoms with Crippen LogP contribution in [0.2, 0.25) is 0 Å². The smallest absolute Gasteiger partial charge is 0.295 e. The minimum Gasteiger partial charge on any atom is -0.503 e. The van der Waals surface area contributed by atoms with Crippen LogP contribution < -0.4 is 10.2 Å². The van der Waals surface area contributed by atoms with E-state index >= 15 is 0 Å². The number of nitrogens with one attached hydrogen (secondary N) is 1. The average Bonchev–Trinajstić information content (AvgIpc) is 2.93. The quantitative estimate of drug-likeness (QED) is 0.845. The second-order valence-corrected chi connectivity index (χ2v) is 5.09. The van der Waals surface area contributed by atoms with Gasteiger partial charge in [0, 0.05) is 11.6 Å². The molecule has 0 aromatic heterocycles. The molecule has 2 aromatic rings. The van der Waals surface area contributed by atoms with Crippen molar-refractivity contribution in [3.8, 4) is 0 Å². The molecule has 0 saturated carbocycles. The van der Waals surface area contributed by atoms with Crippen LogP contribution in [0.3, 0.4) is 0 Å². The van der Waals surface area contributed by atoms with Crippen LogP contribution in [0.25, 0.3) is 0 Å². The zero-order chi connectivity index (χ0) is 14.6. The van der Waals surface area contributed by atoms with Crippen LogP contribution in [-0.4, -0.2) is 11.0 Å². The van der Waals surface area contributed by atoms with E-state index in [-0.39, 0.29) is 11.6 Å². The molecule has 4 nitrogen and oxygen atoms in total. The lowest BCUT2D eigenvalue weighted by atomic mass is 10.00. The molecule has 1 atom stereocenters. The molecule has 0 aliphatic carbocycles. The molecule has 1 amide bonds. The summed E-state index contributed by atoms with van der Waals surface area (Å²) >= 11 is 0. The minimum atomic E-state index is -1.00. The number of anilines is 2. The van der Waals surface area contributed by atoms with Gasteiger partial charge in [-0.3, -0.25) is 9.69 Å². The highest BCUT2D eigenvalue weighted by Crippen LogP contribution is 2.49. The Morgan fingerprint density at radius 2 is 1.81 bits per heavy atom. The van der Waals surface area contributed by atoms with Gasteiger partial charge in [-0.15, -0.1) is 0 Å². The number of aliphatic hydroxyl groups excluding tert-OH is 1. The molecule has 0 saturated heterocycles. The lowest BCUT2D eigenvalue weighted by Crippen LogP contribution is -2.45. The zero-order valence-electron chi connectivity index (χ0n) is 10.9. The normalized spacial score (nSPS) is 22.6. The number of nitrogens with zero attached hydrogens (tertiary/aromatic N) is 1. The van der Waals surface area contributed by atoms with E-state index in [9.17, 15) is 14.3 Å². The van der Waals surface area contributed by atoms with Crippen molar-refractivity contribution < 1.29 is 14.3 Å². The molecule has 2 aliphatic heterocycles. The fourth-order valence-electron chi connectivity index (χ4n) is 2.96. The summed E-state index contributed by atoms with van der Waals surface area (Å²) in [7, 11) is 0. The van der Waals surface area contributed by atoms with Crippen molar-refractivity contribution in [3.05, 3.63) is 71.7 Å². The predicted molar refractivity (Wildman–Crippen MR) is 76.3 cm³/mol. The summed E-state index contributed by atoms with van der Waals surface area (Å²) in [6.07, 6.45) is 1.46. The van der Waals surface area contributed by atoms with Gasteiger partial charge in [-0.05, 0) is 24.3 Å². The molecule has 0 radical (unpaired) electrons. The molecule has 4 rings (SSSR count). The fourth-order valence-corrected chi connectivity index (χ4v) is 2.96. The molecule has 21 heavy (non-hydrogen) atoms. The number of rotatable bonds is 1. The topological polar surface area (TPSA) is 52.6 Å². The number of benzene rings is 2. The SMILES string of the molecule is O=C1C(O)=CC2(c3ccc(F)cc3)Nc3ccccc3N12. The first kappa shape index (κ1) is 12.0. The molecule has 0 bridgehead atoms. The van der Waals surface area contributed by atoms with Gasteiger partial charge in [-0.2, -0.15) is 0 Å². The van der Waals surface area contributed by atoms with Crippen molar-refractivity contribution in [1.29, 1.82) is 0 Å². The number of para-hydroxylation sites is 2. The lowest BCUT2D eigenvalue weighted by Gasteiger charge is -2.31. The number of hydrogen-bond donors (Lipinski definition) is 2. The molecule has 1 unspecified atom stereocenters. The number of carbonyl (C=O) groups is 1. The Hall–Kier alpha value is -2.82. The maximum Gasteiger partial charge on any atom is 0.295 e.